The van der Waals surface area contributed by atoms with Gasteiger partial charge in [0.25, 0.3) is 5.91 Å². The minimum Gasteiger partial charge on any atom is -0.337 e. The Morgan fingerprint density at radius 1 is 1.17 bits per heavy atom. The first kappa shape index (κ1) is 15.3. The number of imidazole rings is 1. The lowest BCUT2D eigenvalue weighted by molar-refractivity contribution is 0.0785. The fraction of sp³-hybridized carbons (Fsp3) is 0.263. The van der Waals surface area contributed by atoms with Gasteiger partial charge in [0.1, 0.15) is 0 Å². The van der Waals surface area contributed by atoms with Gasteiger partial charge in [-0.1, -0.05) is 30.3 Å². The molecule has 0 atom stereocenters. The van der Waals surface area contributed by atoms with Crippen LogP contribution in [0.1, 0.15) is 35.8 Å². The smallest absolute Gasteiger partial charge is 0.253 e. The van der Waals surface area contributed by atoms with Crippen LogP contribution < -0.4 is 0 Å². The maximum Gasteiger partial charge on any atom is 0.253 e. The predicted molar refractivity (Wildman–Crippen MR) is 92.4 cm³/mol. The van der Waals surface area contributed by atoms with Crippen molar-refractivity contribution < 1.29 is 4.79 Å². The van der Waals surface area contributed by atoms with Crippen molar-refractivity contribution in [3.63, 3.8) is 0 Å². The Balaban J connectivity index is 1.83. The Morgan fingerprint density at radius 2 is 1.91 bits per heavy atom. The number of rotatable bonds is 4. The van der Waals surface area contributed by atoms with Gasteiger partial charge < -0.3 is 9.47 Å². The van der Waals surface area contributed by atoms with E-state index < -0.39 is 0 Å². The van der Waals surface area contributed by atoms with Crippen LogP contribution in [0.3, 0.4) is 0 Å². The molecule has 3 rings (SSSR count). The molecular formula is C19H21N3O. The maximum absolute atomic E-state index is 12.6. The van der Waals surface area contributed by atoms with Crippen molar-refractivity contribution in [2.75, 3.05) is 7.05 Å². The number of carbonyl (C=O) groups excluding carboxylic acids is 1. The second-order valence-corrected chi connectivity index (χ2v) is 6.10. The summed E-state index contributed by atoms with van der Waals surface area (Å²) in [6, 6.07) is 16.1. The van der Waals surface area contributed by atoms with E-state index in [-0.39, 0.29) is 5.91 Å². The second-order valence-electron chi connectivity index (χ2n) is 6.10. The first-order valence-electron chi connectivity index (χ1n) is 7.82. The lowest BCUT2D eigenvalue weighted by Crippen LogP contribution is -2.26. The standard InChI is InChI=1S/C19H21N3O/c1-14(2)22-13-20-17-11-16(9-10-18(17)22)19(23)21(3)12-15-7-5-4-6-8-15/h4-11,13-14H,12H2,1-3H3. The van der Waals surface area contributed by atoms with Crippen molar-refractivity contribution in [2.45, 2.75) is 26.4 Å². The molecule has 4 heteroatoms. The molecule has 0 aliphatic carbocycles. The Labute approximate surface area is 136 Å². The molecule has 0 N–H and O–H groups in total. The highest BCUT2D eigenvalue weighted by atomic mass is 16.2. The summed E-state index contributed by atoms with van der Waals surface area (Å²) in [6.45, 7) is 4.83. The molecule has 0 aliphatic rings. The van der Waals surface area contributed by atoms with Crippen molar-refractivity contribution in [2.24, 2.45) is 0 Å². The number of hydrogen-bond acceptors (Lipinski definition) is 2. The summed E-state index contributed by atoms with van der Waals surface area (Å²) >= 11 is 0. The van der Waals surface area contributed by atoms with Crippen LogP contribution in [0, 0.1) is 0 Å². The molecule has 118 valence electrons. The SMILES string of the molecule is CC(C)n1cnc2cc(C(=O)N(C)Cc3ccccc3)ccc21. The van der Waals surface area contributed by atoms with E-state index in [9.17, 15) is 4.79 Å². The highest BCUT2D eigenvalue weighted by Crippen LogP contribution is 2.19. The van der Waals surface area contributed by atoms with E-state index in [0.717, 1.165) is 16.6 Å². The average molecular weight is 307 g/mol. The predicted octanol–water partition coefficient (Wildman–Crippen LogP) is 3.89. The van der Waals surface area contributed by atoms with Crippen molar-refractivity contribution in [3.05, 3.63) is 66.0 Å². The zero-order valence-electron chi connectivity index (χ0n) is 13.7. The molecule has 0 radical (unpaired) electrons. The van der Waals surface area contributed by atoms with Crippen LogP contribution in [0.15, 0.2) is 54.9 Å². The van der Waals surface area contributed by atoms with Gasteiger partial charge in [-0.15, -0.1) is 0 Å². The molecule has 4 nitrogen and oxygen atoms in total. The first-order chi connectivity index (χ1) is 11.1. The van der Waals surface area contributed by atoms with Crippen LogP contribution in [0.4, 0.5) is 0 Å². The van der Waals surface area contributed by atoms with E-state index in [1.165, 1.54) is 0 Å². The normalized spacial score (nSPS) is 11.1. The lowest BCUT2D eigenvalue weighted by Gasteiger charge is -2.17. The summed E-state index contributed by atoms with van der Waals surface area (Å²) in [5.74, 6) is 0.00912. The molecule has 1 aromatic heterocycles. The van der Waals surface area contributed by atoms with Crippen molar-refractivity contribution in [3.8, 4) is 0 Å². The molecule has 0 fully saturated rings. The molecule has 0 bridgehead atoms. The fourth-order valence-corrected chi connectivity index (χ4v) is 2.73. The molecule has 1 heterocycles. The van der Waals surface area contributed by atoms with Gasteiger partial charge >= 0.3 is 0 Å². The topological polar surface area (TPSA) is 38.1 Å². The number of carbonyl (C=O) groups is 1. The summed E-state index contributed by atoms with van der Waals surface area (Å²) in [6.07, 6.45) is 1.83. The van der Waals surface area contributed by atoms with Crippen molar-refractivity contribution in [1.29, 1.82) is 0 Å². The van der Waals surface area contributed by atoms with Gasteiger partial charge in [-0.2, -0.15) is 0 Å². The van der Waals surface area contributed by atoms with Gasteiger partial charge in [-0.3, -0.25) is 4.79 Å². The summed E-state index contributed by atoms with van der Waals surface area (Å²) in [4.78, 5) is 18.8. The van der Waals surface area contributed by atoms with E-state index in [0.29, 0.717) is 18.2 Å². The highest BCUT2D eigenvalue weighted by Gasteiger charge is 2.14. The molecule has 2 aromatic carbocycles. The molecule has 3 aromatic rings. The largest absolute Gasteiger partial charge is 0.337 e. The monoisotopic (exact) mass is 307 g/mol. The molecule has 0 saturated carbocycles. The Morgan fingerprint density at radius 3 is 2.61 bits per heavy atom. The highest BCUT2D eigenvalue weighted by molar-refractivity contribution is 5.97. The van der Waals surface area contributed by atoms with Gasteiger partial charge in [0, 0.05) is 25.2 Å². The quantitative estimate of drug-likeness (QED) is 0.733. The zero-order valence-corrected chi connectivity index (χ0v) is 13.7. The fourth-order valence-electron chi connectivity index (χ4n) is 2.73. The van der Waals surface area contributed by atoms with Crippen LogP contribution in [0.5, 0.6) is 0 Å². The van der Waals surface area contributed by atoms with E-state index in [1.807, 2.05) is 61.9 Å². The Hall–Kier alpha value is -2.62. The third kappa shape index (κ3) is 3.11. The number of amides is 1. The maximum atomic E-state index is 12.6. The van der Waals surface area contributed by atoms with Crippen molar-refractivity contribution in [1.82, 2.24) is 14.5 Å². The first-order valence-corrected chi connectivity index (χ1v) is 7.82. The zero-order chi connectivity index (χ0) is 16.4. The summed E-state index contributed by atoms with van der Waals surface area (Å²) in [5.41, 5.74) is 3.71. The van der Waals surface area contributed by atoms with E-state index in [1.54, 1.807) is 4.90 Å². The summed E-state index contributed by atoms with van der Waals surface area (Å²) < 4.78 is 2.11. The minimum atomic E-state index is 0.00912. The Kier molecular flexibility index (Phi) is 4.15. The molecule has 23 heavy (non-hydrogen) atoms. The molecule has 0 aliphatic heterocycles. The molecule has 1 amide bonds. The van der Waals surface area contributed by atoms with Gasteiger partial charge in [0.15, 0.2) is 0 Å². The number of benzene rings is 2. The average Bonchev–Trinajstić information content (AvgIpc) is 2.98. The van der Waals surface area contributed by atoms with Crippen LogP contribution in [0.2, 0.25) is 0 Å². The van der Waals surface area contributed by atoms with Crippen LogP contribution in [-0.2, 0) is 6.54 Å². The van der Waals surface area contributed by atoms with Crippen LogP contribution >= 0.6 is 0 Å². The lowest BCUT2D eigenvalue weighted by atomic mass is 10.1. The third-order valence-corrected chi connectivity index (χ3v) is 3.99. The Bertz CT molecular complexity index is 821. The number of hydrogen-bond donors (Lipinski definition) is 0. The number of aromatic nitrogens is 2. The van der Waals surface area contributed by atoms with E-state index >= 15 is 0 Å². The molecule has 0 spiro atoms. The van der Waals surface area contributed by atoms with Gasteiger partial charge in [0.2, 0.25) is 0 Å². The molecule has 0 saturated heterocycles. The van der Waals surface area contributed by atoms with Gasteiger partial charge in [-0.05, 0) is 37.6 Å². The number of fused-ring (bicyclic) bond motifs is 1. The molecule has 0 unspecified atom stereocenters. The van der Waals surface area contributed by atoms with Crippen LogP contribution in [-0.4, -0.2) is 27.4 Å². The van der Waals surface area contributed by atoms with Gasteiger partial charge in [0.05, 0.1) is 17.4 Å². The molecular weight excluding hydrogens is 286 g/mol. The number of nitrogens with zero attached hydrogens (tertiary/aromatic N) is 3. The minimum absolute atomic E-state index is 0.00912. The summed E-state index contributed by atoms with van der Waals surface area (Å²) in [7, 11) is 1.83. The van der Waals surface area contributed by atoms with Gasteiger partial charge in [-0.25, -0.2) is 4.98 Å². The van der Waals surface area contributed by atoms with E-state index in [4.69, 9.17) is 0 Å². The van der Waals surface area contributed by atoms with Crippen LogP contribution in [0.25, 0.3) is 11.0 Å². The van der Waals surface area contributed by atoms with E-state index in [2.05, 4.69) is 23.4 Å². The second kappa shape index (κ2) is 6.24. The summed E-state index contributed by atoms with van der Waals surface area (Å²) in [5, 5.41) is 0. The van der Waals surface area contributed by atoms with Crippen molar-refractivity contribution >= 4 is 16.9 Å². The third-order valence-electron chi connectivity index (χ3n) is 3.99.